The third-order valence-electron chi connectivity index (χ3n) is 15.4. The van der Waals surface area contributed by atoms with Crippen LogP contribution in [0, 0.1) is 0 Å². The van der Waals surface area contributed by atoms with Crippen molar-refractivity contribution in [2.45, 2.75) is 0 Å². The molecule has 0 radical (unpaired) electrons. The number of nitrogens with zero attached hydrogens (tertiary/aromatic N) is 2. The van der Waals surface area contributed by atoms with Gasteiger partial charge in [-0.25, -0.2) is 0 Å². The lowest BCUT2D eigenvalue weighted by Gasteiger charge is -2.28. The standard InChI is InChI=1S/C72H46N2O/c1-4-20-58-50(15-1)39-44-66-65-27-14-26-64(72(65)75-71(58)66)63-25-9-10-28-68(63)73(55-42-37-49(38-43-55)52-17-13-18-56(45-52)74-69-29-11-7-23-61(69)62-24-8-12-30-70(62)74)54-40-35-48(36-41-54)47-31-33-51(34-32-47)67-46-53-16-2-3-19-57(53)59-21-5-6-22-60(59)67/h1-46H. The summed E-state index contributed by atoms with van der Waals surface area (Å²) in [6.45, 7) is 0. The van der Waals surface area contributed by atoms with Gasteiger partial charge in [0.15, 0.2) is 0 Å². The molecule has 2 aromatic heterocycles. The smallest absolute Gasteiger partial charge is 0.143 e. The van der Waals surface area contributed by atoms with Crippen molar-refractivity contribution in [1.29, 1.82) is 0 Å². The van der Waals surface area contributed by atoms with Crippen LogP contribution in [0.25, 0.3) is 126 Å². The van der Waals surface area contributed by atoms with Gasteiger partial charge in [-0.3, -0.25) is 0 Å². The Labute approximate surface area is 434 Å². The summed E-state index contributed by atoms with van der Waals surface area (Å²) in [4.78, 5) is 2.39. The van der Waals surface area contributed by atoms with Crippen LogP contribution in [-0.2, 0) is 0 Å². The number of rotatable bonds is 8. The lowest BCUT2D eigenvalue weighted by Crippen LogP contribution is -2.11. The van der Waals surface area contributed by atoms with Crippen LogP contribution in [0.5, 0.6) is 0 Å². The van der Waals surface area contributed by atoms with E-state index in [4.69, 9.17) is 4.42 Å². The number of aromatic nitrogens is 1. The Morgan fingerprint density at radius 2 is 0.773 bits per heavy atom. The molecule has 0 saturated heterocycles. The van der Waals surface area contributed by atoms with Crippen LogP contribution in [0.15, 0.2) is 283 Å². The molecule has 75 heavy (non-hydrogen) atoms. The van der Waals surface area contributed by atoms with Crippen molar-refractivity contribution in [3.63, 3.8) is 0 Å². The van der Waals surface area contributed by atoms with E-state index in [2.05, 4.69) is 289 Å². The van der Waals surface area contributed by atoms with Gasteiger partial charge >= 0.3 is 0 Å². The predicted molar refractivity (Wildman–Crippen MR) is 317 cm³/mol. The van der Waals surface area contributed by atoms with Crippen molar-refractivity contribution in [2.24, 2.45) is 0 Å². The fraction of sp³-hybridized carbons (Fsp3) is 0. The second-order valence-electron chi connectivity index (χ2n) is 19.6. The molecule has 0 bridgehead atoms. The highest BCUT2D eigenvalue weighted by molar-refractivity contribution is 6.18. The molecule has 0 unspecified atom stereocenters. The van der Waals surface area contributed by atoms with Crippen LogP contribution in [0.1, 0.15) is 0 Å². The number of anilines is 3. The maximum absolute atomic E-state index is 6.97. The molecule has 15 aromatic rings. The molecule has 0 atom stereocenters. The minimum absolute atomic E-state index is 0.880. The van der Waals surface area contributed by atoms with Crippen molar-refractivity contribution in [2.75, 3.05) is 4.90 Å². The van der Waals surface area contributed by atoms with Crippen molar-refractivity contribution in [3.05, 3.63) is 279 Å². The average molecular weight is 955 g/mol. The van der Waals surface area contributed by atoms with Gasteiger partial charge in [-0.2, -0.15) is 0 Å². The van der Waals surface area contributed by atoms with E-state index in [-0.39, 0.29) is 0 Å². The minimum atomic E-state index is 0.880. The SMILES string of the molecule is c1cc(-c2ccc(N(c3ccc(-c4ccc(-c5cc6ccccc6c6ccccc56)cc4)cc3)c3ccccc3-c3cccc4c3oc3c5ccccc5ccc43)cc2)cc(-n2c3ccccc3c3ccccc32)c1. The van der Waals surface area contributed by atoms with Crippen LogP contribution in [-0.4, -0.2) is 4.57 Å². The zero-order valence-electron chi connectivity index (χ0n) is 40.9. The minimum Gasteiger partial charge on any atom is -0.455 e. The number of hydrogen-bond donors (Lipinski definition) is 0. The molecule has 3 heteroatoms. The Balaban J connectivity index is 0.835. The molecular weight excluding hydrogens is 909 g/mol. The molecule has 0 N–H and O–H groups in total. The lowest BCUT2D eigenvalue weighted by molar-refractivity contribution is 0.674. The maximum Gasteiger partial charge on any atom is 0.143 e. The predicted octanol–water partition coefficient (Wildman–Crippen LogP) is 20.3. The van der Waals surface area contributed by atoms with Gasteiger partial charge in [-0.1, -0.05) is 212 Å². The zero-order chi connectivity index (χ0) is 49.4. The molecule has 0 aliphatic carbocycles. The molecule has 0 fully saturated rings. The summed E-state index contributed by atoms with van der Waals surface area (Å²) in [7, 11) is 0. The summed E-state index contributed by atoms with van der Waals surface area (Å²) in [6, 6.07) is 101. The fourth-order valence-electron chi connectivity index (χ4n) is 11.8. The summed E-state index contributed by atoms with van der Waals surface area (Å²) in [6.07, 6.45) is 0. The van der Waals surface area contributed by atoms with E-state index in [0.717, 1.165) is 83.3 Å². The van der Waals surface area contributed by atoms with Crippen LogP contribution in [0.3, 0.4) is 0 Å². The van der Waals surface area contributed by atoms with E-state index in [1.54, 1.807) is 0 Å². The van der Waals surface area contributed by atoms with Crippen LogP contribution in [0.2, 0.25) is 0 Å². The second kappa shape index (κ2) is 17.4. The van der Waals surface area contributed by atoms with Crippen LogP contribution < -0.4 is 4.90 Å². The summed E-state index contributed by atoms with van der Waals surface area (Å²) in [5, 5.41) is 12.1. The zero-order valence-corrected chi connectivity index (χ0v) is 40.9. The molecule has 0 amide bonds. The quantitative estimate of drug-likeness (QED) is 0.142. The fourth-order valence-corrected chi connectivity index (χ4v) is 11.8. The van der Waals surface area contributed by atoms with Gasteiger partial charge in [0.1, 0.15) is 11.2 Å². The van der Waals surface area contributed by atoms with Gasteiger partial charge in [-0.15, -0.1) is 0 Å². The lowest BCUT2D eigenvalue weighted by atomic mass is 9.92. The highest BCUT2D eigenvalue weighted by Gasteiger charge is 2.22. The Hall–Kier alpha value is -9.96. The first-order chi connectivity index (χ1) is 37.2. The largest absolute Gasteiger partial charge is 0.455 e. The van der Waals surface area contributed by atoms with Crippen molar-refractivity contribution >= 4 is 93.1 Å². The Morgan fingerprint density at radius 3 is 1.49 bits per heavy atom. The van der Waals surface area contributed by atoms with Crippen molar-refractivity contribution < 1.29 is 4.42 Å². The van der Waals surface area contributed by atoms with E-state index in [9.17, 15) is 0 Å². The third kappa shape index (κ3) is 7.05. The van der Waals surface area contributed by atoms with Gasteiger partial charge in [0.05, 0.1) is 16.7 Å². The molecule has 0 spiro atoms. The molecule has 3 nitrogen and oxygen atoms in total. The molecule has 13 aromatic carbocycles. The normalized spacial score (nSPS) is 11.7. The summed E-state index contributed by atoms with van der Waals surface area (Å²) in [5.74, 6) is 0. The Morgan fingerprint density at radius 1 is 0.267 bits per heavy atom. The monoisotopic (exact) mass is 954 g/mol. The number of hydrogen-bond acceptors (Lipinski definition) is 2. The van der Waals surface area contributed by atoms with E-state index in [0.29, 0.717) is 0 Å². The maximum atomic E-state index is 6.97. The summed E-state index contributed by atoms with van der Waals surface area (Å²) in [5.41, 5.74) is 17.7. The molecular formula is C72H46N2O. The van der Waals surface area contributed by atoms with Gasteiger partial charge in [-0.05, 0) is 127 Å². The molecule has 350 valence electrons. The highest BCUT2D eigenvalue weighted by atomic mass is 16.3. The van der Waals surface area contributed by atoms with Gasteiger partial charge < -0.3 is 13.9 Å². The molecule has 2 heterocycles. The molecule has 0 aliphatic rings. The molecule has 15 rings (SSSR count). The number of furan rings is 1. The van der Waals surface area contributed by atoms with E-state index >= 15 is 0 Å². The average Bonchev–Trinajstić information content (AvgIpc) is 4.08. The first-order valence-electron chi connectivity index (χ1n) is 25.7. The summed E-state index contributed by atoms with van der Waals surface area (Å²) >= 11 is 0. The van der Waals surface area contributed by atoms with Gasteiger partial charge in [0, 0.05) is 55.1 Å². The van der Waals surface area contributed by atoms with Crippen molar-refractivity contribution in [3.8, 4) is 50.2 Å². The van der Waals surface area contributed by atoms with Crippen LogP contribution >= 0.6 is 0 Å². The Kier molecular flexibility index (Phi) is 9.89. The highest BCUT2D eigenvalue weighted by Crippen LogP contribution is 2.46. The number of benzene rings is 13. The second-order valence-corrected chi connectivity index (χ2v) is 19.6. The van der Waals surface area contributed by atoms with E-state index < -0.39 is 0 Å². The summed E-state index contributed by atoms with van der Waals surface area (Å²) < 4.78 is 9.35. The van der Waals surface area contributed by atoms with E-state index in [1.807, 2.05) is 0 Å². The molecule has 0 saturated carbocycles. The number of para-hydroxylation sites is 4. The van der Waals surface area contributed by atoms with Crippen LogP contribution in [0.4, 0.5) is 17.1 Å². The van der Waals surface area contributed by atoms with Gasteiger partial charge in [0.2, 0.25) is 0 Å². The van der Waals surface area contributed by atoms with Crippen molar-refractivity contribution in [1.82, 2.24) is 4.57 Å². The Bertz CT molecular complexity index is 4640. The molecule has 0 aliphatic heterocycles. The van der Waals surface area contributed by atoms with Gasteiger partial charge in [0.25, 0.3) is 0 Å². The van der Waals surface area contributed by atoms with E-state index in [1.165, 1.54) is 60.0 Å². The first kappa shape index (κ1) is 42.7. The number of fused-ring (bicyclic) bond motifs is 11. The topological polar surface area (TPSA) is 21.3 Å². The first-order valence-corrected chi connectivity index (χ1v) is 25.7. The third-order valence-corrected chi connectivity index (χ3v) is 15.4.